The van der Waals surface area contributed by atoms with Gasteiger partial charge in [-0.1, -0.05) is 42.5 Å². The van der Waals surface area contributed by atoms with E-state index >= 15 is 0 Å². The van der Waals surface area contributed by atoms with Gasteiger partial charge in [0.05, 0.1) is 0 Å². The Labute approximate surface area is 156 Å². The number of carbonyl (C=O) groups excluding carboxylic acids is 2. The van der Waals surface area contributed by atoms with Gasteiger partial charge in [0.1, 0.15) is 17.4 Å². The number of anilines is 1. The number of amides is 1. The minimum atomic E-state index is -0.489. The Morgan fingerprint density at radius 1 is 1.00 bits per heavy atom. The average Bonchev–Trinajstić information content (AvgIpc) is 2.66. The quantitative estimate of drug-likeness (QED) is 0.327. The molecule has 3 rings (SSSR count). The van der Waals surface area contributed by atoms with Gasteiger partial charge in [0.25, 0.3) is 5.91 Å². The number of esters is 1. The summed E-state index contributed by atoms with van der Waals surface area (Å²) in [4.78, 5) is 23.4. The van der Waals surface area contributed by atoms with Crippen molar-refractivity contribution in [1.29, 1.82) is 5.26 Å². The van der Waals surface area contributed by atoms with Gasteiger partial charge < -0.3 is 10.1 Å². The van der Waals surface area contributed by atoms with Crippen LogP contribution in [0, 0.1) is 11.3 Å². The number of nitrogens with zero attached hydrogens (tertiary/aromatic N) is 1. The first-order valence-corrected chi connectivity index (χ1v) is 8.25. The smallest absolute Gasteiger partial charge is 0.308 e. The van der Waals surface area contributed by atoms with Crippen LogP contribution in [0.2, 0.25) is 0 Å². The third-order valence-corrected chi connectivity index (χ3v) is 3.83. The van der Waals surface area contributed by atoms with Gasteiger partial charge in [0.2, 0.25) is 0 Å². The Kier molecular flexibility index (Phi) is 5.29. The third kappa shape index (κ3) is 4.59. The summed E-state index contributed by atoms with van der Waals surface area (Å²) >= 11 is 0. The van der Waals surface area contributed by atoms with Gasteiger partial charge >= 0.3 is 5.97 Å². The number of carbonyl (C=O) groups is 2. The normalized spacial score (nSPS) is 10.9. The molecule has 0 atom stereocenters. The van der Waals surface area contributed by atoms with Crippen molar-refractivity contribution in [2.24, 2.45) is 0 Å². The summed E-state index contributed by atoms with van der Waals surface area (Å²) in [7, 11) is 0. The molecular formula is C22H16N2O3. The first-order chi connectivity index (χ1) is 13.0. The van der Waals surface area contributed by atoms with Gasteiger partial charge in [-0.3, -0.25) is 9.59 Å². The van der Waals surface area contributed by atoms with Crippen LogP contribution in [0.25, 0.3) is 16.8 Å². The fourth-order valence-corrected chi connectivity index (χ4v) is 2.58. The zero-order chi connectivity index (χ0) is 19.2. The molecule has 3 aromatic rings. The predicted molar refractivity (Wildman–Crippen MR) is 104 cm³/mol. The molecule has 0 saturated carbocycles. The molecule has 0 heterocycles. The number of nitrogens with one attached hydrogen (secondary N) is 1. The molecule has 0 aliphatic rings. The highest BCUT2D eigenvalue weighted by atomic mass is 16.5. The van der Waals surface area contributed by atoms with E-state index in [-0.39, 0.29) is 5.57 Å². The predicted octanol–water partition coefficient (Wildman–Crippen LogP) is 4.31. The van der Waals surface area contributed by atoms with Crippen LogP contribution < -0.4 is 10.1 Å². The Morgan fingerprint density at radius 2 is 1.70 bits per heavy atom. The lowest BCUT2D eigenvalue weighted by atomic mass is 10.1. The topological polar surface area (TPSA) is 79.2 Å². The van der Waals surface area contributed by atoms with Crippen molar-refractivity contribution in [2.75, 3.05) is 5.32 Å². The van der Waals surface area contributed by atoms with E-state index in [1.807, 2.05) is 42.5 Å². The van der Waals surface area contributed by atoms with Crippen molar-refractivity contribution < 1.29 is 14.3 Å². The van der Waals surface area contributed by atoms with Crippen molar-refractivity contribution in [3.8, 4) is 11.8 Å². The lowest BCUT2D eigenvalue weighted by Crippen LogP contribution is -2.13. The number of benzene rings is 3. The van der Waals surface area contributed by atoms with E-state index in [9.17, 15) is 14.9 Å². The second-order valence-electron chi connectivity index (χ2n) is 5.85. The average molecular weight is 356 g/mol. The van der Waals surface area contributed by atoms with Crippen LogP contribution in [-0.2, 0) is 9.59 Å². The molecule has 0 aliphatic carbocycles. The van der Waals surface area contributed by atoms with Crippen LogP contribution in [0.1, 0.15) is 12.5 Å². The summed E-state index contributed by atoms with van der Waals surface area (Å²) in [6.45, 7) is 1.32. The third-order valence-electron chi connectivity index (χ3n) is 3.83. The summed E-state index contributed by atoms with van der Waals surface area (Å²) in [5.74, 6) is -0.499. The van der Waals surface area contributed by atoms with E-state index in [2.05, 4.69) is 5.32 Å². The van der Waals surface area contributed by atoms with Crippen molar-refractivity contribution >= 4 is 34.4 Å². The molecule has 0 spiro atoms. The molecule has 1 N–H and O–H groups in total. The van der Waals surface area contributed by atoms with E-state index in [0.29, 0.717) is 17.0 Å². The SMILES string of the molecule is CC(=O)Oc1ccc(/C=C(\C#N)C(=O)Nc2ccc3ccccc3c2)cc1. The number of hydrogen-bond acceptors (Lipinski definition) is 4. The summed E-state index contributed by atoms with van der Waals surface area (Å²) in [6, 6.07) is 21.8. The van der Waals surface area contributed by atoms with Crippen molar-refractivity contribution in [3.05, 3.63) is 77.9 Å². The number of hydrogen-bond donors (Lipinski definition) is 1. The molecule has 0 radical (unpaired) electrons. The highest BCUT2D eigenvalue weighted by Crippen LogP contribution is 2.20. The number of rotatable bonds is 4. The van der Waals surface area contributed by atoms with Gasteiger partial charge in [-0.15, -0.1) is 0 Å². The standard InChI is InChI=1S/C22H16N2O3/c1-15(25)27-21-10-6-16(7-11-21)12-19(14-23)22(26)24-20-9-8-17-4-2-3-5-18(17)13-20/h2-13H,1H3,(H,24,26)/b19-12+. The maximum atomic E-state index is 12.4. The second-order valence-corrected chi connectivity index (χ2v) is 5.85. The molecule has 0 fully saturated rings. The lowest BCUT2D eigenvalue weighted by Gasteiger charge is -2.06. The molecule has 1 amide bonds. The largest absolute Gasteiger partial charge is 0.427 e. The summed E-state index contributed by atoms with van der Waals surface area (Å²) in [5, 5.41) is 14.1. The fourth-order valence-electron chi connectivity index (χ4n) is 2.58. The molecule has 0 unspecified atom stereocenters. The number of fused-ring (bicyclic) bond motifs is 1. The van der Waals surface area contributed by atoms with Gasteiger partial charge in [0.15, 0.2) is 0 Å². The molecule has 0 aromatic heterocycles. The zero-order valence-electron chi connectivity index (χ0n) is 14.6. The minimum Gasteiger partial charge on any atom is -0.427 e. The zero-order valence-corrected chi connectivity index (χ0v) is 14.6. The molecule has 132 valence electrons. The molecule has 0 saturated heterocycles. The molecule has 27 heavy (non-hydrogen) atoms. The van der Waals surface area contributed by atoms with Gasteiger partial charge in [-0.05, 0) is 46.7 Å². The van der Waals surface area contributed by atoms with Crippen LogP contribution >= 0.6 is 0 Å². The molecule has 3 aromatic carbocycles. The lowest BCUT2D eigenvalue weighted by molar-refractivity contribution is -0.131. The highest BCUT2D eigenvalue weighted by Gasteiger charge is 2.10. The highest BCUT2D eigenvalue weighted by molar-refractivity contribution is 6.10. The minimum absolute atomic E-state index is 0.0246. The molecular weight excluding hydrogens is 340 g/mol. The summed E-state index contributed by atoms with van der Waals surface area (Å²) in [5.41, 5.74) is 1.24. The van der Waals surface area contributed by atoms with Gasteiger partial charge in [-0.25, -0.2) is 0 Å². The van der Waals surface area contributed by atoms with Crippen LogP contribution in [-0.4, -0.2) is 11.9 Å². The van der Waals surface area contributed by atoms with E-state index in [1.54, 1.807) is 30.3 Å². The van der Waals surface area contributed by atoms with E-state index in [0.717, 1.165) is 10.8 Å². The number of ether oxygens (including phenoxy) is 1. The van der Waals surface area contributed by atoms with Crippen molar-refractivity contribution in [2.45, 2.75) is 6.92 Å². The molecule has 0 aliphatic heterocycles. The van der Waals surface area contributed by atoms with E-state index < -0.39 is 11.9 Å². The maximum Gasteiger partial charge on any atom is 0.308 e. The maximum absolute atomic E-state index is 12.4. The summed E-state index contributed by atoms with van der Waals surface area (Å²) < 4.78 is 4.96. The Bertz CT molecular complexity index is 1080. The van der Waals surface area contributed by atoms with Crippen molar-refractivity contribution in [3.63, 3.8) is 0 Å². The monoisotopic (exact) mass is 356 g/mol. The Hall–Kier alpha value is -3.91. The molecule has 0 bridgehead atoms. The number of nitriles is 1. The van der Waals surface area contributed by atoms with Gasteiger partial charge in [-0.2, -0.15) is 5.26 Å². The molecule has 5 heteroatoms. The van der Waals surface area contributed by atoms with Crippen LogP contribution in [0.4, 0.5) is 5.69 Å². The molecule has 5 nitrogen and oxygen atoms in total. The first-order valence-electron chi connectivity index (χ1n) is 8.25. The first kappa shape index (κ1) is 17.9. The van der Waals surface area contributed by atoms with Crippen molar-refractivity contribution in [1.82, 2.24) is 0 Å². The Morgan fingerprint density at radius 3 is 2.37 bits per heavy atom. The Balaban J connectivity index is 1.77. The van der Waals surface area contributed by atoms with E-state index in [4.69, 9.17) is 4.74 Å². The van der Waals surface area contributed by atoms with Gasteiger partial charge in [0, 0.05) is 12.6 Å². The van der Waals surface area contributed by atoms with Crippen LogP contribution in [0.3, 0.4) is 0 Å². The van der Waals surface area contributed by atoms with Crippen LogP contribution in [0.15, 0.2) is 72.3 Å². The second kappa shape index (κ2) is 7.98. The summed E-state index contributed by atoms with van der Waals surface area (Å²) in [6.07, 6.45) is 1.48. The van der Waals surface area contributed by atoms with Crippen LogP contribution in [0.5, 0.6) is 5.75 Å². The fraction of sp³-hybridized carbons (Fsp3) is 0.0455. The van der Waals surface area contributed by atoms with E-state index in [1.165, 1.54) is 13.0 Å².